The third-order valence-corrected chi connectivity index (χ3v) is 2.29. The Morgan fingerprint density at radius 2 is 2.36 bits per heavy atom. The maximum absolute atomic E-state index is 9.99. The Kier molecular flexibility index (Phi) is 2.52. The summed E-state index contributed by atoms with van der Waals surface area (Å²) < 4.78 is 11.3. The summed E-state index contributed by atoms with van der Waals surface area (Å²) in [5, 5.41) is 0. The van der Waals surface area contributed by atoms with Crippen molar-refractivity contribution in [2.24, 2.45) is 4.99 Å². The summed E-state index contributed by atoms with van der Waals surface area (Å²) in [6.07, 6.45) is 1.49. The van der Waals surface area contributed by atoms with Crippen molar-refractivity contribution >= 4 is 22.0 Å². The summed E-state index contributed by atoms with van der Waals surface area (Å²) in [5.41, 5.74) is 0.815. The standard InChI is InChI=1S/C9H6BrNO3/c10-7-1-6(3-11-4-12)9-8(2-7)13-5-14-9/h1-2H,3,5H2. The summed E-state index contributed by atoms with van der Waals surface area (Å²) in [4.78, 5) is 13.5. The quantitative estimate of drug-likeness (QED) is 0.600. The molecule has 4 nitrogen and oxygen atoms in total. The number of ether oxygens (including phenoxy) is 2. The van der Waals surface area contributed by atoms with Crippen molar-refractivity contribution in [2.45, 2.75) is 6.54 Å². The van der Waals surface area contributed by atoms with Gasteiger partial charge >= 0.3 is 0 Å². The molecule has 5 heteroatoms. The molecular weight excluding hydrogens is 250 g/mol. The molecule has 0 fully saturated rings. The maximum Gasteiger partial charge on any atom is 0.235 e. The molecule has 0 spiro atoms. The lowest BCUT2D eigenvalue weighted by molar-refractivity contribution is 0.173. The highest BCUT2D eigenvalue weighted by atomic mass is 79.9. The topological polar surface area (TPSA) is 47.9 Å². The van der Waals surface area contributed by atoms with Crippen molar-refractivity contribution < 1.29 is 14.3 Å². The van der Waals surface area contributed by atoms with Gasteiger partial charge in [-0.2, -0.15) is 0 Å². The zero-order valence-corrected chi connectivity index (χ0v) is 8.70. The fraction of sp³-hybridized carbons (Fsp3) is 0.222. The minimum Gasteiger partial charge on any atom is -0.454 e. The van der Waals surface area contributed by atoms with Crippen LogP contribution in [-0.4, -0.2) is 12.9 Å². The third-order valence-electron chi connectivity index (χ3n) is 1.83. The second kappa shape index (κ2) is 3.82. The van der Waals surface area contributed by atoms with Gasteiger partial charge in [0.05, 0.1) is 6.54 Å². The fourth-order valence-electron chi connectivity index (χ4n) is 1.28. The lowest BCUT2D eigenvalue weighted by atomic mass is 10.2. The van der Waals surface area contributed by atoms with Gasteiger partial charge in [0, 0.05) is 10.0 Å². The molecule has 2 rings (SSSR count). The third kappa shape index (κ3) is 1.64. The maximum atomic E-state index is 9.99. The molecule has 0 amide bonds. The van der Waals surface area contributed by atoms with Gasteiger partial charge in [-0.3, -0.25) is 0 Å². The average molecular weight is 256 g/mol. The van der Waals surface area contributed by atoms with Crippen LogP contribution in [-0.2, 0) is 11.3 Å². The monoisotopic (exact) mass is 255 g/mol. The molecule has 0 atom stereocenters. The van der Waals surface area contributed by atoms with Crippen LogP contribution in [0.25, 0.3) is 0 Å². The van der Waals surface area contributed by atoms with Crippen LogP contribution in [0.4, 0.5) is 0 Å². The molecule has 1 aromatic rings. The van der Waals surface area contributed by atoms with Crippen LogP contribution in [0, 0.1) is 0 Å². The summed E-state index contributed by atoms with van der Waals surface area (Å²) in [5.74, 6) is 1.34. The predicted octanol–water partition coefficient (Wildman–Crippen LogP) is 2.01. The van der Waals surface area contributed by atoms with Gasteiger partial charge in [0.2, 0.25) is 12.9 Å². The molecule has 0 aromatic heterocycles. The summed E-state index contributed by atoms with van der Waals surface area (Å²) in [6.45, 7) is 0.470. The largest absolute Gasteiger partial charge is 0.454 e. The van der Waals surface area contributed by atoms with Crippen LogP contribution in [0.1, 0.15) is 5.56 Å². The van der Waals surface area contributed by atoms with E-state index in [0.29, 0.717) is 11.5 Å². The summed E-state index contributed by atoms with van der Waals surface area (Å²) in [7, 11) is 0. The smallest absolute Gasteiger partial charge is 0.235 e. The number of rotatable bonds is 2. The second-order valence-electron chi connectivity index (χ2n) is 2.71. The lowest BCUT2D eigenvalue weighted by Gasteiger charge is -2.02. The predicted molar refractivity (Wildman–Crippen MR) is 52.1 cm³/mol. The van der Waals surface area contributed by atoms with Crippen molar-refractivity contribution in [2.75, 3.05) is 6.79 Å². The van der Waals surface area contributed by atoms with Crippen LogP contribution in [0.15, 0.2) is 21.6 Å². The Bertz CT molecular complexity index is 413. The van der Waals surface area contributed by atoms with Crippen molar-refractivity contribution in [1.29, 1.82) is 0 Å². The molecule has 0 unspecified atom stereocenters. The highest BCUT2D eigenvalue weighted by Crippen LogP contribution is 2.38. The minimum atomic E-state index is 0.212. The molecule has 1 aliphatic rings. The molecule has 0 aliphatic carbocycles. The zero-order valence-electron chi connectivity index (χ0n) is 7.12. The molecular formula is C9H6BrNO3. The van der Waals surface area contributed by atoms with E-state index in [1.807, 2.05) is 12.1 Å². The molecule has 0 saturated carbocycles. The molecule has 0 radical (unpaired) electrons. The van der Waals surface area contributed by atoms with Crippen molar-refractivity contribution in [3.63, 3.8) is 0 Å². The van der Waals surface area contributed by atoms with Crippen molar-refractivity contribution in [1.82, 2.24) is 0 Å². The number of aliphatic imine (C=N–C) groups is 1. The van der Waals surface area contributed by atoms with Gasteiger partial charge in [-0.25, -0.2) is 9.79 Å². The zero-order chi connectivity index (χ0) is 9.97. The Morgan fingerprint density at radius 1 is 1.50 bits per heavy atom. The van der Waals surface area contributed by atoms with E-state index in [1.165, 1.54) is 6.08 Å². The number of hydrogen-bond donors (Lipinski definition) is 0. The van der Waals surface area contributed by atoms with E-state index in [0.717, 1.165) is 10.0 Å². The van der Waals surface area contributed by atoms with Gasteiger partial charge in [-0.1, -0.05) is 15.9 Å². The van der Waals surface area contributed by atoms with E-state index in [2.05, 4.69) is 20.9 Å². The van der Waals surface area contributed by atoms with Gasteiger partial charge in [-0.05, 0) is 12.1 Å². The van der Waals surface area contributed by atoms with Crippen LogP contribution >= 0.6 is 15.9 Å². The van der Waals surface area contributed by atoms with Gasteiger partial charge in [0.1, 0.15) is 0 Å². The molecule has 0 bridgehead atoms. The molecule has 0 N–H and O–H groups in total. The average Bonchev–Trinajstić information content (AvgIpc) is 2.61. The first-order chi connectivity index (χ1) is 6.81. The number of carbonyl (C=O) groups excluding carboxylic acids is 1. The van der Waals surface area contributed by atoms with Crippen molar-refractivity contribution in [3.8, 4) is 11.5 Å². The molecule has 0 saturated heterocycles. The Balaban J connectivity index is 2.43. The van der Waals surface area contributed by atoms with E-state index in [9.17, 15) is 4.79 Å². The SMILES string of the molecule is O=C=NCc1cc(Br)cc2c1OCO2. The minimum absolute atomic E-state index is 0.212. The van der Waals surface area contributed by atoms with Crippen LogP contribution < -0.4 is 9.47 Å². The lowest BCUT2D eigenvalue weighted by Crippen LogP contribution is -1.94. The number of benzene rings is 1. The van der Waals surface area contributed by atoms with Crippen LogP contribution in [0.5, 0.6) is 11.5 Å². The highest BCUT2D eigenvalue weighted by Gasteiger charge is 2.18. The normalized spacial score (nSPS) is 12.4. The van der Waals surface area contributed by atoms with Gasteiger partial charge < -0.3 is 9.47 Å². The van der Waals surface area contributed by atoms with Crippen molar-refractivity contribution in [3.05, 3.63) is 22.2 Å². The van der Waals surface area contributed by atoms with E-state index in [1.54, 1.807) is 0 Å². The Hall–Kier alpha value is -1.32. The highest BCUT2D eigenvalue weighted by molar-refractivity contribution is 9.10. The summed E-state index contributed by atoms with van der Waals surface area (Å²) >= 11 is 3.33. The number of hydrogen-bond acceptors (Lipinski definition) is 4. The summed E-state index contributed by atoms with van der Waals surface area (Å²) in [6, 6.07) is 3.66. The second-order valence-corrected chi connectivity index (χ2v) is 3.62. The van der Waals surface area contributed by atoms with E-state index >= 15 is 0 Å². The van der Waals surface area contributed by atoms with E-state index < -0.39 is 0 Å². The molecule has 1 aliphatic heterocycles. The molecule has 14 heavy (non-hydrogen) atoms. The molecule has 1 aromatic carbocycles. The number of nitrogens with zero attached hydrogens (tertiary/aromatic N) is 1. The first kappa shape index (κ1) is 9.24. The first-order valence-corrected chi connectivity index (χ1v) is 4.72. The Morgan fingerprint density at radius 3 is 3.14 bits per heavy atom. The van der Waals surface area contributed by atoms with Gasteiger partial charge in [0.15, 0.2) is 11.5 Å². The molecule has 1 heterocycles. The van der Waals surface area contributed by atoms with E-state index in [4.69, 9.17) is 9.47 Å². The molecule has 72 valence electrons. The Labute approximate surface area is 88.7 Å². The van der Waals surface area contributed by atoms with Crippen LogP contribution in [0.2, 0.25) is 0 Å². The number of halogens is 1. The first-order valence-electron chi connectivity index (χ1n) is 3.93. The fourth-order valence-corrected chi connectivity index (χ4v) is 1.76. The number of fused-ring (bicyclic) bond motifs is 1. The van der Waals surface area contributed by atoms with Crippen LogP contribution in [0.3, 0.4) is 0 Å². The van der Waals surface area contributed by atoms with Gasteiger partial charge in [0.25, 0.3) is 0 Å². The van der Waals surface area contributed by atoms with E-state index in [-0.39, 0.29) is 13.3 Å². The number of isocyanates is 1. The van der Waals surface area contributed by atoms with Gasteiger partial charge in [-0.15, -0.1) is 0 Å².